The molecule has 2 aromatic rings. The number of hydrogen-bond acceptors (Lipinski definition) is 4. The van der Waals surface area contributed by atoms with Crippen LogP contribution in [0, 0.1) is 0 Å². The molecule has 1 heterocycles. The van der Waals surface area contributed by atoms with Crippen molar-refractivity contribution in [3.05, 3.63) is 64.1 Å². The number of nitrogens with one attached hydrogen (secondary N) is 2. The van der Waals surface area contributed by atoms with Gasteiger partial charge in [0.05, 0.1) is 23.8 Å². The Labute approximate surface area is 180 Å². The first-order chi connectivity index (χ1) is 14.0. The third kappa shape index (κ3) is 6.72. The van der Waals surface area contributed by atoms with Crippen LogP contribution in [0.15, 0.2) is 48.5 Å². The van der Waals surface area contributed by atoms with E-state index in [0.29, 0.717) is 35.4 Å². The van der Waals surface area contributed by atoms with E-state index in [-0.39, 0.29) is 11.8 Å². The number of benzene rings is 2. The van der Waals surface area contributed by atoms with Crippen LogP contribution in [0.4, 0.5) is 5.69 Å². The lowest BCUT2D eigenvalue weighted by Crippen LogP contribution is -2.50. The number of para-hydroxylation sites is 1. The molecule has 0 unspecified atom stereocenters. The van der Waals surface area contributed by atoms with E-state index < -0.39 is 0 Å². The average Bonchev–Trinajstić information content (AvgIpc) is 2.71. The van der Waals surface area contributed by atoms with Crippen LogP contribution in [0.1, 0.15) is 5.56 Å². The van der Waals surface area contributed by atoms with Crippen molar-refractivity contribution in [2.75, 3.05) is 44.6 Å². The molecule has 0 aromatic heterocycles. The zero-order valence-corrected chi connectivity index (χ0v) is 17.5. The highest BCUT2D eigenvalue weighted by Gasteiger charge is 2.20. The van der Waals surface area contributed by atoms with Gasteiger partial charge < -0.3 is 10.6 Å². The van der Waals surface area contributed by atoms with Gasteiger partial charge in [0.2, 0.25) is 11.8 Å². The van der Waals surface area contributed by atoms with Crippen molar-refractivity contribution in [2.45, 2.75) is 6.54 Å². The predicted octanol–water partition coefficient (Wildman–Crippen LogP) is 2.87. The van der Waals surface area contributed by atoms with Crippen molar-refractivity contribution in [3.63, 3.8) is 0 Å². The lowest BCUT2D eigenvalue weighted by atomic mass is 10.2. The summed E-state index contributed by atoms with van der Waals surface area (Å²) in [6, 6.07) is 14.6. The van der Waals surface area contributed by atoms with Crippen molar-refractivity contribution in [2.24, 2.45) is 0 Å². The number of piperazine rings is 1. The van der Waals surface area contributed by atoms with E-state index in [1.165, 1.54) is 0 Å². The summed E-state index contributed by atoms with van der Waals surface area (Å²) in [4.78, 5) is 28.6. The molecule has 1 fully saturated rings. The molecular weight excluding hydrogens is 411 g/mol. The fourth-order valence-electron chi connectivity index (χ4n) is 3.16. The minimum Gasteiger partial charge on any atom is -0.351 e. The van der Waals surface area contributed by atoms with Crippen LogP contribution < -0.4 is 10.6 Å². The summed E-state index contributed by atoms with van der Waals surface area (Å²) < 4.78 is 0. The highest BCUT2D eigenvalue weighted by atomic mass is 35.5. The van der Waals surface area contributed by atoms with Gasteiger partial charge in [-0.3, -0.25) is 19.4 Å². The summed E-state index contributed by atoms with van der Waals surface area (Å²) in [5.41, 5.74) is 1.52. The van der Waals surface area contributed by atoms with Crippen LogP contribution in [-0.2, 0) is 16.1 Å². The monoisotopic (exact) mass is 434 g/mol. The van der Waals surface area contributed by atoms with Crippen LogP contribution in [0.25, 0.3) is 0 Å². The summed E-state index contributed by atoms with van der Waals surface area (Å²) in [5.74, 6) is -0.126. The van der Waals surface area contributed by atoms with Crippen molar-refractivity contribution in [1.29, 1.82) is 0 Å². The average molecular weight is 435 g/mol. The minimum atomic E-state index is -0.0935. The summed E-state index contributed by atoms with van der Waals surface area (Å²) >= 11 is 12.2. The summed E-state index contributed by atoms with van der Waals surface area (Å²) in [6.45, 7) is 3.99. The Balaban J connectivity index is 1.36. The number of halogens is 2. The second-order valence-corrected chi connectivity index (χ2v) is 7.76. The van der Waals surface area contributed by atoms with E-state index in [0.717, 1.165) is 31.7 Å². The van der Waals surface area contributed by atoms with Gasteiger partial charge in [0.25, 0.3) is 0 Å². The largest absolute Gasteiger partial charge is 0.351 e. The fourth-order valence-corrected chi connectivity index (χ4v) is 3.54. The molecule has 1 saturated heterocycles. The molecule has 0 bridgehead atoms. The first-order valence-corrected chi connectivity index (χ1v) is 10.3. The van der Waals surface area contributed by atoms with Gasteiger partial charge in [-0.05, 0) is 23.8 Å². The second-order valence-electron chi connectivity index (χ2n) is 6.95. The second kappa shape index (κ2) is 10.6. The third-order valence-electron chi connectivity index (χ3n) is 4.78. The van der Waals surface area contributed by atoms with Gasteiger partial charge in [-0.25, -0.2) is 0 Å². The normalized spacial score (nSPS) is 15.1. The molecule has 2 aromatic carbocycles. The molecule has 6 nitrogen and oxygen atoms in total. The molecule has 0 aliphatic carbocycles. The number of amides is 2. The van der Waals surface area contributed by atoms with E-state index in [4.69, 9.17) is 23.2 Å². The van der Waals surface area contributed by atoms with Gasteiger partial charge in [0.1, 0.15) is 0 Å². The number of hydrogen-bond donors (Lipinski definition) is 2. The number of nitrogens with zero attached hydrogens (tertiary/aromatic N) is 2. The smallest absolute Gasteiger partial charge is 0.238 e. The molecule has 0 radical (unpaired) electrons. The molecule has 3 rings (SSSR count). The molecule has 1 aliphatic rings. The Bertz CT molecular complexity index is 854. The number of rotatable bonds is 7. The number of carbonyl (C=O) groups excluding carboxylic acids is 2. The Kier molecular flexibility index (Phi) is 7.89. The predicted molar refractivity (Wildman–Crippen MR) is 116 cm³/mol. The van der Waals surface area contributed by atoms with Crippen LogP contribution in [0.2, 0.25) is 10.0 Å². The Morgan fingerprint density at radius 1 is 0.793 bits per heavy atom. The van der Waals surface area contributed by atoms with E-state index in [2.05, 4.69) is 20.4 Å². The molecular formula is C21H24Cl2N4O2. The zero-order valence-electron chi connectivity index (χ0n) is 16.0. The first-order valence-electron chi connectivity index (χ1n) is 9.50. The lowest BCUT2D eigenvalue weighted by Gasteiger charge is -2.33. The van der Waals surface area contributed by atoms with Crippen molar-refractivity contribution in [3.8, 4) is 0 Å². The van der Waals surface area contributed by atoms with Crippen molar-refractivity contribution >= 4 is 40.7 Å². The molecule has 2 N–H and O–H groups in total. The van der Waals surface area contributed by atoms with E-state index in [1.54, 1.807) is 12.1 Å². The third-order valence-corrected chi connectivity index (χ3v) is 5.48. The van der Waals surface area contributed by atoms with Crippen molar-refractivity contribution < 1.29 is 9.59 Å². The fraction of sp³-hybridized carbons (Fsp3) is 0.333. The molecule has 29 heavy (non-hydrogen) atoms. The minimum absolute atomic E-state index is 0.0326. The highest BCUT2D eigenvalue weighted by molar-refractivity contribution is 6.33. The van der Waals surface area contributed by atoms with E-state index >= 15 is 0 Å². The van der Waals surface area contributed by atoms with E-state index in [1.807, 2.05) is 36.4 Å². The molecule has 0 saturated carbocycles. The van der Waals surface area contributed by atoms with Gasteiger partial charge in [-0.2, -0.15) is 0 Å². The van der Waals surface area contributed by atoms with Gasteiger partial charge in [-0.15, -0.1) is 0 Å². The van der Waals surface area contributed by atoms with Crippen LogP contribution in [0.5, 0.6) is 0 Å². The van der Waals surface area contributed by atoms with Gasteiger partial charge in [-0.1, -0.05) is 53.5 Å². The Hall–Kier alpha value is -2.12. The molecule has 0 atom stereocenters. The Morgan fingerprint density at radius 3 is 1.97 bits per heavy atom. The maximum atomic E-state index is 12.2. The van der Waals surface area contributed by atoms with Gasteiger partial charge in [0.15, 0.2) is 0 Å². The van der Waals surface area contributed by atoms with Crippen LogP contribution in [-0.4, -0.2) is 60.9 Å². The molecule has 1 aliphatic heterocycles. The molecule has 0 spiro atoms. The zero-order chi connectivity index (χ0) is 20.6. The SMILES string of the molecule is O=C(CN1CCN(CC(=O)Nc2ccccc2Cl)CC1)NCc1ccccc1Cl. The topological polar surface area (TPSA) is 64.7 Å². The maximum absolute atomic E-state index is 12.2. The number of anilines is 1. The van der Waals surface area contributed by atoms with Crippen molar-refractivity contribution in [1.82, 2.24) is 15.1 Å². The summed E-state index contributed by atoms with van der Waals surface area (Å²) in [6.07, 6.45) is 0. The maximum Gasteiger partial charge on any atom is 0.238 e. The van der Waals surface area contributed by atoms with Crippen LogP contribution in [0.3, 0.4) is 0 Å². The van der Waals surface area contributed by atoms with Crippen LogP contribution >= 0.6 is 23.2 Å². The molecule has 8 heteroatoms. The Morgan fingerprint density at radius 2 is 1.34 bits per heavy atom. The summed E-state index contributed by atoms with van der Waals surface area (Å²) in [7, 11) is 0. The van der Waals surface area contributed by atoms with Gasteiger partial charge >= 0.3 is 0 Å². The van der Waals surface area contributed by atoms with Gasteiger partial charge in [0, 0.05) is 37.7 Å². The quantitative estimate of drug-likeness (QED) is 0.702. The van der Waals surface area contributed by atoms with E-state index in [9.17, 15) is 9.59 Å². The summed E-state index contributed by atoms with van der Waals surface area (Å²) in [5, 5.41) is 6.92. The number of carbonyl (C=O) groups is 2. The first kappa shape index (κ1) is 21.6. The molecule has 2 amide bonds. The standard InChI is InChI=1S/C21H24Cl2N4O2/c22-17-6-2-1-5-16(17)13-24-20(28)14-26-9-11-27(12-10-26)15-21(29)25-19-8-4-3-7-18(19)23/h1-8H,9-15H2,(H,24,28)(H,25,29). The molecule has 154 valence electrons. The lowest BCUT2D eigenvalue weighted by molar-refractivity contribution is -0.123. The highest BCUT2D eigenvalue weighted by Crippen LogP contribution is 2.20.